The molecule has 1 rings (SSSR count). The molecular weight excluding hydrogens is 294 g/mol. The molecule has 6 heteroatoms. The van der Waals surface area contributed by atoms with Crippen LogP contribution < -0.4 is 16.0 Å². The summed E-state index contributed by atoms with van der Waals surface area (Å²) >= 11 is 0. The molecule has 1 aliphatic rings. The molecule has 2 amide bonds. The second-order valence-corrected chi connectivity index (χ2v) is 8.38. The van der Waals surface area contributed by atoms with E-state index in [2.05, 4.69) is 29.8 Å². The van der Waals surface area contributed by atoms with Gasteiger partial charge >= 0.3 is 6.09 Å². The average Bonchev–Trinajstić information content (AvgIpc) is 2.35. The minimum atomic E-state index is -0.601. The summed E-state index contributed by atoms with van der Waals surface area (Å²) < 4.78 is 5.26. The van der Waals surface area contributed by atoms with Crippen LogP contribution in [0.2, 0.25) is 0 Å². The third-order valence-electron chi connectivity index (χ3n) is 4.07. The normalized spacial score (nSPS) is 22.3. The summed E-state index contributed by atoms with van der Waals surface area (Å²) in [6, 6.07) is -0.506. The maximum Gasteiger partial charge on any atom is 0.408 e. The standard InChI is InChI=1S/C17H33N3O3/c1-11(2)13(20-15(22)23-16(3,4)5)14(21)19-12-8-9-18-10-17(12,6)7/h11-13,18H,8-10H2,1-7H3,(H,19,21)(H,20,22). The molecule has 1 fully saturated rings. The first-order valence-corrected chi connectivity index (χ1v) is 8.43. The first-order valence-electron chi connectivity index (χ1n) is 8.43. The van der Waals surface area contributed by atoms with Gasteiger partial charge in [-0.05, 0) is 45.1 Å². The highest BCUT2D eigenvalue weighted by atomic mass is 16.6. The maximum absolute atomic E-state index is 12.6. The Morgan fingerprint density at radius 1 is 1.26 bits per heavy atom. The van der Waals surface area contributed by atoms with Gasteiger partial charge in [0.2, 0.25) is 5.91 Å². The molecule has 1 aliphatic heterocycles. The zero-order valence-corrected chi connectivity index (χ0v) is 15.6. The fourth-order valence-corrected chi connectivity index (χ4v) is 2.67. The molecule has 0 aromatic heterocycles. The average molecular weight is 327 g/mol. The second-order valence-electron chi connectivity index (χ2n) is 8.38. The molecule has 1 heterocycles. The van der Waals surface area contributed by atoms with Gasteiger partial charge in [-0.1, -0.05) is 27.7 Å². The van der Waals surface area contributed by atoms with Crippen LogP contribution in [0.25, 0.3) is 0 Å². The third kappa shape index (κ3) is 6.37. The Morgan fingerprint density at radius 2 is 1.87 bits per heavy atom. The monoisotopic (exact) mass is 327 g/mol. The van der Waals surface area contributed by atoms with Gasteiger partial charge in [0.15, 0.2) is 0 Å². The summed E-state index contributed by atoms with van der Waals surface area (Å²) in [7, 11) is 0. The van der Waals surface area contributed by atoms with E-state index in [4.69, 9.17) is 4.74 Å². The van der Waals surface area contributed by atoms with Gasteiger partial charge in [0.05, 0.1) is 0 Å². The van der Waals surface area contributed by atoms with Crippen LogP contribution >= 0.6 is 0 Å². The van der Waals surface area contributed by atoms with E-state index in [1.54, 1.807) is 20.8 Å². The lowest BCUT2D eigenvalue weighted by Gasteiger charge is -2.40. The fraction of sp³-hybridized carbons (Fsp3) is 0.882. The Balaban J connectivity index is 2.69. The van der Waals surface area contributed by atoms with Gasteiger partial charge in [0.1, 0.15) is 11.6 Å². The molecule has 134 valence electrons. The van der Waals surface area contributed by atoms with Crippen molar-refractivity contribution in [3.05, 3.63) is 0 Å². The summed E-state index contributed by atoms with van der Waals surface area (Å²) in [5.41, 5.74) is -0.597. The number of rotatable bonds is 4. The van der Waals surface area contributed by atoms with Crippen LogP contribution in [0.3, 0.4) is 0 Å². The molecular formula is C17H33N3O3. The Bertz CT molecular complexity index is 427. The van der Waals surface area contributed by atoms with Gasteiger partial charge in [-0.15, -0.1) is 0 Å². The predicted octanol–water partition coefficient (Wildman–Crippen LogP) is 2.04. The summed E-state index contributed by atoms with van der Waals surface area (Å²) in [5, 5.41) is 9.16. The number of amides is 2. The molecule has 0 radical (unpaired) electrons. The lowest BCUT2D eigenvalue weighted by molar-refractivity contribution is -0.126. The lowest BCUT2D eigenvalue weighted by Crippen LogP contribution is -2.59. The lowest BCUT2D eigenvalue weighted by atomic mass is 9.80. The molecule has 1 saturated heterocycles. The van der Waals surface area contributed by atoms with E-state index in [1.807, 2.05) is 13.8 Å². The van der Waals surface area contributed by atoms with Gasteiger partial charge in [-0.2, -0.15) is 0 Å². The highest BCUT2D eigenvalue weighted by Crippen LogP contribution is 2.25. The number of carbonyl (C=O) groups excluding carboxylic acids is 2. The first-order chi connectivity index (χ1) is 10.4. The summed E-state index contributed by atoms with van der Waals surface area (Å²) in [6.45, 7) is 15.2. The number of piperidine rings is 1. The van der Waals surface area contributed by atoms with Crippen LogP contribution in [0, 0.1) is 11.3 Å². The van der Waals surface area contributed by atoms with Crippen LogP contribution in [0.5, 0.6) is 0 Å². The van der Waals surface area contributed by atoms with Gasteiger partial charge in [-0.25, -0.2) is 4.79 Å². The van der Waals surface area contributed by atoms with Crippen molar-refractivity contribution in [3.63, 3.8) is 0 Å². The quantitative estimate of drug-likeness (QED) is 0.738. The molecule has 2 unspecified atom stereocenters. The fourth-order valence-electron chi connectivity index (χ4n) is 2.67. The van der Waals surface area contributed by atoms with E-state index >= 15 is 0 Å². The SMILES string of the molecule is CC(C)C(NC(=O)OC(C)(C)C)C(=O)NC1CCNCC1(C)C. The number of hydrogen-bond donors (Lipinski definition) is 3. The third-order valence-corrected chi connectivity index (χ3v) is 4.07. The van der Waals surface area contributed by atoms with Crippen molar-refractivity contribution in [2.45, 2.75) is 72.6 Å². The molecule has 6 nitrogen and oxygen atoms in total. The summed E-state index contributed by atoms with van der Waals surface area (Å²) in [5.74, 6) is -0.168. The predicted molar refractivity (Wildman–Crippen MR) is 91.2 cm³/mol. The molecule has 0 bridgehead atoms. The number of ether oxygens (including phenoxy) is 1. The number of alkyl carbamates (subject to hydrolysis) is 1. The van der Waals surface area contributed by atoms with Crippen LogP contribution in [0.1, 0.15) is 54.9 Å². The van der Waals surface area contributed by atoms with Gasteiger partial charge in [0, 0.05) is 12.6 Å². The minimum Gasteiger partial charge on any atom is -0.444 e. The summed E-state index contributed by atoms with van der Waals surface area (Å²) in [4.78, 5) is 24.6. The second kappa shape index (κ2) is 7.51. The number of nitrogens with one attached hydrogen (secondary N) is 3. The van der Waals surface area contributed by atoms with Crippen LogP contribution in [-0.2, 0) is 9.53 Å². The van der Waals surface area contributed by atoms with Crippen molar-refractivity contribution in [1.82, 2.24) is 16.0 Å². The maximum atomic E-state index is 12.6. The van der Waals surface area contributed by atoms with E-state index in [0.717, 1.165) is 19.5 Å². The zero-order chi connectivity index (χ0) is 17.8. The van der Waals surface area contributed by atoms with E-state index < -0.39 is 17.7 Å². The topological polar surface area (TPSA) is 79.5 Å². The zero-order valence-electron chi connectivity index (χ0n) is 15.6. The molecule has 0 spiro atoms. The highest BCUT2D eigenvalue weighted by molar-refractivity contribution is 5.86. The molecule has 0 aromatic carbocycles. The van der Waals surface area contributed by atoms with Crippen LogP contribution in [0.4, 0.5) is 4.79 Å². The van der Waals surface area contributed by atoms with E-state index in [1.165, 1.54) is 0 Å². The van der Waals surface area contributed by atoms with Crippen LogP contribution in [-0.4, -0.2) is 42.8 Å². The van der Waals surface area contributed by atoms with E-state index in [-0.39, 0.29) is 23.3 Å². The first kappa shape index (κ1) is 19.7. The molecule has 3 N–H and O–H groups in total. The molecule has 0 aliphatic carbocycles. The Labute approximate surface area is 140 Å². The van der Waals surface area contributed by atoms with Crippen molar-refractivity contribution >= 4 is 12.0 Å². The number of carbonyl (C=O) groups is 2. The Hall–Kier alpha value is -1.30. The van der Waals surface area contributed by atoms with Crippen molar-refractivity contribution in [2.75, 3.05) is 13.1 Å². The highest BCUT2D eigenvalue weighted by Gasteiger charge is 2.35. The van der Waals surface area contributed by atoms with Gasteiger partial charge in [0.25, 0.3) is 0 Å². The van der Waals surface area contributed by atoms with Crippen molar-refractivity contribution in [2.24, 2.45) is 11.3 Å². The largest absolute Gasteiger partial charge is 0.444 e. The van der Waals surface area contributed by atoms with Crippen molar-refractivity contribution in [1.29, 1.82) is 0 Å². The molecule has 2 atom stereocenters. The number of hydrogen-bond acceptors (Lipinski definition) is 4. The van der Waals surface area contributed by atoms with E-state index in [0.29, 0.717) is 0 Å². The van der Waals surface area contributed by atoms with Crippen molar-refractivity contribution < 1.29 is 14.3 Å². The molecule has 0 aromatic rings. The van der Waals surface area contributed by atoms with Gasteiger partial charge in [-0.3, -0.25) is 4.79 Å². The molecule has 23 heavy (non-hydrogen) atoms. The van der Waals surface area contributed by atoms with Gasteiger partial charge < -0.3 is 20.7 Å². The smallest absolute Gasteiger partial charge is 0.408 e. The van der Waals surface area contributed by atoms with Crippen LogP contribution in [0.15, 0.2) is 0 Å². The van der Waals surface area contributed by atoms with E-state index in [9.17, 15) is 9.59 Å². The van der Waals surface area contributed by atoms with Crippen molar-refractivity contribution in [3.8, 4) is 0 Å². The summed E-state index contributed by atoms with van der Waals surface area (Å²) in [6.07, 6.45) is 0.326. The molecule has 0 saturated carbocycles. The minimum absolute atomic E-state index is 0.0125. The Kier molecular flexibility index (Phi) is 6.45. The Morgan fingerprint density at radius 3 is 2.35 bits per heavy atom.